The maximum atomic E-state index is 10.7. The van der Waals surface area contributed by atoms with E-state index in [9.17, 15) is 4.79 Å². The predicted octanol–water partition coefficient (Wildman–Crippen LogP) is 3.04. The Morgan fingerprint density at radius 1 is 1.37 bits per heavy atom. The van der Waals surface area contributed by atoms with Crippen molar-refractivity contribution in [1.29, 1.82) is 0 Å². The standard InChI is InChI=1S/C14H17NO4/c1-8-6-12(10(3)18-8)9(2)15-7-11-4-5-13(19-11)14(16)17/h4-6,9,15H,7H2,1-3H3,(H,16,17). The van der Waals surface area contributed by atoms with E-state index < -0.39 is 5.97 Å². The largest absolute Gasteiger partial charge is 0.475 e. The van der Waals surface area contributed by atoms with Gasteiger partial charge in [-0.1, -0.05) is 0 Å². The van der Waals surface area contributed by atoms with Crippen LogP contribution in [-0.2, 0) is 6.54 Å². The molecule has 0 aliphatic rings. The number of carboxylic acid groups (broad SMARTS) is 1. The molecule has 1 atom stereocenters. The summed E-state index contributed by atoms with van der Waals surface area (Å²) in [4.78, 5) is 10.7. The Kier molecular flexibility index (Phi) is 3.76. The van der Waals surface area contributed by atoms with Crippen LogP contribution in [0.4, 0.5) is 0 Å². The van der Waals surface area contributed by atoms with Gasteiger partial charge in [-0.25, -0.2) is 4.79 Å². The number of rotatable bonds is 5. The zero-order valence-corrected chi connectivity index (χ0v) is 11.2. The van der Waals surface area contributed by atoms with Crippen molar-refractivity contribution in [2.75, 3.05) is 0 Å². The van der Waals surface area contributed by atoms with Crippen molar-refractivity contribution < 1.29 is 18.7 Å². The van der Waals surface area contributed by atoms with Crippen LogP contribution in [0, 0.1) is 13.8 Å². The van der Waals surface area contributed by atoms with Gasteiger partial charge in [-0.05, 0) is 39.0 Å². The molecule has 0 saturated heterocycles. The molecule has 0 radical (unpaired) electrons. The van der Waals surface area contributed by atoms with Crippen molar-refractivity contribution in [2.45, 2.75) is 33.4 Å². The van der Waals surface area contributed by atoms with Gasteiger partial charge < -0.3 is 19.3 Å². The van der Waals surface area contributed by atoms with Crippen LogP contribution in [-0.4, -0.2) is 11.1 Å². The Bertz CT molecular complexity index is 582. The van der Waals surface area contributed by atoms with E-state index in [4.69, 9.17) is 13.9 Å². The van der Waals surface area contributed by atoms with Gasteiger partial charge in [0.15, 0.2) is 0 Å². The number of aromatic carboxylic acids is 1. The first-order chi connectivity index (χ1) is 8.97. The molecule has 0 aliphatic carbocycles. The number of furan rings is 2. The van der Waals surface area contributed by atoms with Crippen LogP contribution in [0.25, 0.3) is 0 Å². The van der Waals surface area contributed by atoms with E-state index in [1.54, 1.807) is 6.07 Å². The minimum Gasteiger partial charge on any atom is -0.475 e. The van der Waals surface area contributed by atoms with Crippen molar-refractivity contribution in [3.05, 3.63) is 46.8 Å². The molecule has 2 aromatic rings. The number of carbonyl (C=O) groups is 1. The Labute approximate surface area is 111 Å². The van der Waals surface area contributed by atoms with Crippen molar-refractivity contribution in [3.63, 3.8) is 0 Å². The molecule has 5 nitrogen and oxygen atoms in total. The first-order valence-electron chi connectivity index (χ1n) is 6.09. The molecular formula is C14H17NO4. The number of hydrogen-bond donors (Lipinski definition) is 2. The molecule has 19 heavy (non-hydrogen) atoms. The van der Waals surface area contributed by atoms with Gasteiger partial charge in [0.2, 0.25) is 5.76 Å². The van der Waals surface area contributed by atoms with E-state index in [0.29, 0.717) is 12.3 Å². The minimum atomic E-state index is -1.05. The topological polar surface area (TPSA) is 75.6 Å². The van der Waals surface area contributed by atoms with E-state index in [0.717, 1.165) is 17.1 Å². The summed E-state index contributed by atoms with van der Waals surface area (Å²) < 4.78 is 10.7. The summed E-state index contributed by atoms with van der Waals surface area (Å²) in [6, 6.07) is 5.22. The zero-order valence-electron chi connectivity index (χ0n) is 11.2. The van der Waals surface area contributed by atoms with Crippen LogP contribution in [0.3, 0.4) is 0 Å². The van der Waals surface area contributed by atoms with Gasteiger partial charge in [0, 0.05) is 11.6 Å². The highest BCUT2D eigenvalue weighted by Crippen LogP contribution is 2.21. The Morgan fingerprint density at radius 2 is 2.11 bits per heavy atom. The molecule has 2 heterocycles. The SMILES string of the molecule is Cc1cc(C(C)NCc2ccc(C(=O)O)o2)c(C)o1. The highest BCUT2D eigenvalue weighted by Gasteiger charge is 2.14. The quantitative estimate of drug-likeness (QED) is 0.867. The van der Waals surface area contributed by atoms with Crippen LogP contribution in [0.1, 0.15) is 46.4 Å². The van der Waals surface area contributed by atoms with Gasteiger partial charge in [-0.15, -0.1) is 0 Å². The summed E-state index contributed by atoms with van der Waals surface area (Å²) >= 11 is 0. The second kappa shape index (κ2) is 5.32. The van der Waals surface area contributed by atoms with Crippen LogP contribution < -0.4 is 5.32 Å². The lowest BCUT2D eigenvalue weighted by atomic mass is 10.1. The first-order valence-corrected chi connectivity index (χ1v) is 6.09. The molecule has 0 spiro atoms. The maximum absolute atomic E-state index is 10.7. The molecule has 0 amide bonds. The van der Waals surface area contributed by atoms with E-state index >= 15 is 0 Å². The Balaban J connectivity index is 1.98. The Morgan fingerprint density at radius 3 is 2.63 bits per heavy atom. The molecular weight excluding hydrogens is 246 g/mol. The molecule has 1 unspecified atom stereocenters. The lowest BCUT2D eigenvalue weighted by Crippen LogP contribution is -2.17. The van der Waals surface area contributed by atoms with Gasteiger partial charge in [-0.3, -0.25) is 0 Å². The van der Waals surface area contributed by atoms with Crippen molar-refractivity contribution >= 4 is 5.97 Å². The monoisotopic (exact) mass is 263 g/mol. The number of hydrogen-bond acceptors (Lipinski definition) is 4. The second-order valence-electron chi connectivity index (χ2n) is 4.54. The smallest absolute Gasteiger partial charge is 0.371 e. The normalized spacial score (nSPS) is 12.6. The third-order valence-corrected chi connectivity index (χ3v) is 3.00. The molecule has 0 bridgehead atoms. The molecule has 0 saturated carbocycles. The molecule has 2 N–H and O–H groups in total. The Hall–Kier alpha value is -2.01. The van der Waals surface area contributed by atoms with Crippen molar-refractivity contribution in [3.8, 4) is 0 Å². The predicted molar refractivity (Wildman–Crippen MR) is 69.1 cm³/mol. The zero-order chi connectivity index (χ0) is 14.0. The average Bonchev–Trinajstić information content (AvgIpc) is 2.93. The summed E-state index contributed by atoms with van der Waals surface area (Å²) in [6.07, 6.45) is 0. The van der Waals surface area contributed by atoms with E-state index in [1.165, 1.54) is 6.07 Å². The molecule has 2 aromatic heterocycles. The molecule has 0 fully saturated rings. The number of nitrogens with one attached hydrogen (secondary N) is 1. The highest BCUT2D eigenvalue weighted by molar-refractivity contribution is 5.84. The maximum Gasteiger partial charge on any atom is 0.371 e. The molecule has 2 rings (SSSR count). The summed E-state index contributed by atoms with van der Waals surface area (Å²) in [5.41, 5.74) is 1.10. The van der Waals surface area contributed by atoms with E-state index in [-0.39, 0.29) is 11.8 Å². The summed E-state index contributed by atoms with van der Waals surface area (Å²) in [5.74, 6) is 1.28. The van der Waals surface area contributed by atoms with Gasteiger partial charge in [0.1, 0.15) is 17.3 Å². The fourth-order valence-electron chi connectivity index (χ4n) is 2.03. The van der Waals surface area contributed by atoms with Crippen molar-refractivity contribution in [2.24, 2.45) is 0 Å². The highest BCUT2D eigenvalue weighted by atomic mass is 16.4. The third-order valence-electron chi connectivity index (χ3n) is 3.00. The van der Waals surface area contributed by atoms with Gasteiger partial charge >= 0.3 is 5.97 Å². The summed E-state index contributed by atoms with van der Waals surface area (Å²) in [5, 5.41) is 12.0. The molecule has 5 heteroatoms. The fraction of sp³-hybridized carbons (Fsp3) is 0.357. The summed E-state index contributed by atoms with van der Waals surface area (Å²) in [7, 11) is 0. The molecule has 0 aromatic carbocycles. The van der Waals surface area contributed by atoms with E-state index in [2.05, 4.69) is 5.32 Å². The average molecular weight is 263 g/mol. The van der Waals surface area contributed by atoms with Gasteiger partial charge in [0.25, 0.3) is 0 Å². The van der Waals surface area contributed by atoms with Crippen LogP contribution in [0.2, 0.25) is 0 Å². The van der Waals surface area contributed by atoms with Crippen molar-refractivity contribution in [1.82, 2.24) is 5.32 Å². The fourth-order valence-corrected chi connectivity index (χ4v) is 2.03. The van der Waals surface area contributed by atoms with Crippen LogP contribution >= 0.6 is 0 Å². The van der Waals surface area contributed by atoms with Gasteiger partial charge in [0.05, 0.1) is 6.54 Å². The van der Waals surface area contributed by atoms with Gasteiger partial charge in [-0.2, -0.15) is 0 Å². The first kappa shape index (κ1) is 13.4. The summed E-state index contributed by atoms with van der Waals surface area (Å²) in [6.45, 7) is 6.33. The van der Waals surface area contributed by atoms with Crippen LogP contribution in [0.15, 0.2) is 27.0 Å². The molecule has 102 valence electrons. The van der Waals surface area contributed by atoms with Crippen LogP contribution in [0.5, 0.6) is 0 Å². The second-order valence-corrected chi connectivity index (χ2v) is 4.54. The number of aryl methyl sites for hydroxylation is 2. The minimum absolute atomic E-state index is 0.0419. The number of carboxylic acids is 1. The lowest BCUT2D eigenvalue weighted by Gasteiger charge is -2.11. The molecule has 0 aliphatic heterocycles. The lowest BCUT2D eigenvalue weighted by molar-refractivity contribution is 0.0660. The third kappa shape index (κ3) is 3.06. The van der Waals surface area contributed by atoms with E-state index in [1.807, 2.05) is 26.8 Å².